The molecule has 38 heavy (non-hydrogen) atoms. The number of carboxylic acid groups (broad SMARTS) is 1. The number of hydrogen-bond donors (Lipinski definition) is 8. The van der Waals surface area contributed by atoms with E-state index in [0.717, 1.165) is 0 Å². The van der Waals surface area contributed by atoms with E-state index < -0.39 is 47.9 Å². The second-order valence-electron chi connectivity index (χ2n) is 9.29. The van der Waals surface area contributed by atoms with Crippen molar-refractivity contribution in [3.05, 3.63) is 36.4 Å². The van der Waals surface area contributed by atoms with Crippen LogP contribution in [0.3, 0.4) is 0 Å². The summed E-state index contributed by atoms with van der Waals surface area (Å²) in [6, 6.07) is -4.13. The quantitative estimate of drug-likeness (QED) is 0.116. The number of H-pyrrole nitrogens is 2. The van der Waals surface area contributed by atoms with Crippen LogP contribution in [0.2, 0.25) is 0 Å². The summed E-state index contributed by atoms with van der Waals surface area (Å²) in [6.45, 7) is 4.05. The molecule has 10 N–H and O–H groups in total. The Kier molecular flexibility index (Phi) is 12.4. The number of carboxylic acids is 1. The molecular weight excluding hydrogens is 494 g/mol. The van der Waals surface area contributed by atoms with Crippen LogP contribution in [0.1, 0.15) is 50.9 Å². The third-order valence-electron chi connectivity index (χ3n) is 6.30. The van der Waals surface area contributed by atoms with Gasteiger partial charge >= 0.3 is 5.97 Å². The van der Waals surface area contributed by atoms with E-state index in [-0.39, 0.29) is 25.2 Å². The number of nitrogens with zero attached hydrogens (tertiary/aromatic N) is 2. The number of aromatic nitrogens is 4. The van der Waals surface area contributed by atoms with Gasteiger partial charge in [0.2, 0.25) is 17.7 Å². The van der Waals surface area contributed by atoms with Crippen molar-refractivity contribution in [2.75, 3.05) is 6.54 Å². The van der Waals surface area contributed by atoms with E-state index in [4.69, 9.17) is 11.5 Å². The van der Waals surface area contributed by atoms with Gasteiger partial charge in [-0.25, -0.2) is 14.8 Å². The van der Waals surface area contributed by atoms with Crippen LogP contribution in [0, 0.1) is 5.92 Å². The first kappa shape index (κ1) is 30.4. The molecule has 2 aromatic rings. The minimum absolute atomic E-state index is 0.00572. The van der Waals surface area contributed by atoms with Gasteiger partial charge in [0.05, 0.1) is 18.7 Å². The molecule has 0 saturated carbocycles. The van der Waals surface area contributed by atoms with E-state index in [1.807, 2.05) is 6.92 Å². The molecule has 0 aliphatic carbocycles. The Bertz CT molecular complexity index is 1010. The van der Waals surface area contributed by atoms with E-state index in [9.17, 15) is 24.3 Å². The number of aliphatic carboxylic acids is 1. The van der Waals surface area contributed by atoms with E-state index >= 15 is 0 Å². The van der Waals surface area contributed by atoms with E-state index in [2.05, 4.69) is 35.9 Å². The highest BCUT2D eigenvalue weighted by atomic mass is 16.4. The molecular formula is C24H39N9O5. The lowest BCUT2D eigenvalue weighted by molar-refractivity contribution is -0.142. The number of nitrogens with two attached hydrogens (primary N) is 2. The number of carbonyl (C=O) groups excluding carboxylic acids is 3. The van der Waals surface area contributed by atoms with Gasteiger partial charge in [0.25, 0.3) is 0 Å². The number of amides is 3. The summed E-state index contributed by atoms with van der Waals surface area (Å²) >= 11 is 0. The zero-order valence-corrected chi connectivity index (χ0v) is 21.8. The first-order chi connectivity index (χ1) is 18.2. The van der Waals surface area contributed by atoms with Gasteiger partial charge in [-0.15, -0.1) is 0 Å². The normalized spacial score (nSPS) is 15.1. The Morgan fingerprint density at radius 3 is 2.05 bits per heavy atom. The van der Waals surface area contributed by atoms with Gasteiger partial charge in [-0.1, -0.05) is 20.3 Å². The number of carbonyl (C=O) groups is 4. The molecule has 2 rings (SSSR count). The lowest BCUT2D eigenvalue weighted by atomic mass is 9.96. The molecule has 0 radical (unpaired) electrons. The second kappa shape index (κ2) is 15.5. The van der Waals surface area contributed by atoms with E-state index in [1.165, 1.54) is 18.9 Å². The second-order valence-corrected chi connectivity index (χ2v) is 9.29. The molecule has 0 saturated heterocycles. The maximum Gasteiger partial charge on any atom is 0.326 e. The molecule has 0 spiro atoms. The Hall–Kier alpha value is -3.78. The average molecular weight is 534 g/mol. The third kappa shape index (κ3) is 9.59. The number of imidazole rings is 2. The molecule has 0 aliphatic heterocycles. The standard InChI is InChI=1S/C24H39N9O5/c1-3-14(2)20(23(36)32-19(24(37)38)9-16-11-28-13-30-16)33-22(35)18(6-4-5-7-25)31-21(34)17(26)8-15-10-27-12-29-15/h10-14,17-20H,3-9,25-26H2,1-2H3,(H,27,29)(H,28,30)(H,31,34)(H,32,36)(H,33,35)(H,37,38). The van der Waals surface area contributed by atoms with Gasteiger partial charge in [-0.2, -0.15) is 0 Å². The minimum atomic E-state index is -1.23. The molecule has 3 amide bonds. The van der Waals surface area contributed by atoms with Crippen molar-refractivity contribution in [1.82, 2.24) is 35.9 Å². The van der Waals surface area contributed by atoms with Crippen LogP contribution in [-0.4, -0.2) is 79.4 Å². The Balaban J connectivity index is 2.11. The molecule has 2 heterocycles. The summed E-state index contributed by atoms with van der Waals surface area (Å²) in [6.07, 6.45) is 8.16. The number of unbranched alkanes of at least 4 members (excludes halogenated alkanes) is 1. The number of aromatic amines is 2. The molecule has 14 nitrogen and oxygen atoms in total. The van der Waals surface area contributed by atoms with Crippen LogP contribution < -0.4 is 27.4 Å². The Morgan fingerprint density at radius 2 is 1.53 bits per heavy atom. The van der Waals surface area contributed by atoms with Crippen LogP contribution >= 0.6 is 0 Å². The summed E-state index contributed by atoms with van der Waals surface area (Å²) < 4.78 is 0. The third-order valence-corrected chi connectivity index (χ3v) is 6.30. The van der Waals surface area contributed by atoms with Gasteiger partial charge < -0.3 is 42.5 Å². The van der Waals surface area contributed by atoms with Crippen LogP contribution in [-0.2, 0) is 32.0 Å². The predicted octanol–water partition coefficient (Wildman–Crippen LogP) is -1.04. The lowest BCUT2D eigenvalue weighted by Gasteiger charge is -2.28. The van der Waals surface area contributed by atoms with E-state index in [1.54, 1.807) is 13.1 Å². The monoisotopic (exact) mass is 533 g/mol. The van der Waals surface area contributed by atoms with Crippen molar-refractivity contribution in [2.24, 2.45) is 17.4 Å². The van der Waals surface area contributed by atoms with Crippen molar-refractivity contribution in [3.8, 4) is 0 Å². The minimum Gasteiger partial charge on any atom is -0.480 e. The van der Waals surface area contributed by atoms with Gasteiger partial charge in [0.15, 0.2) is 0 Å². The highest BCUT2D eigenvalue weighted by Crippen LogP contribution is 2.11. The van der Waals surface area contributed by atoms with E-state index in [0.29, 0.717) is 37.2 Å². The smallest absolute Gasteiger partial charge is 0.326 e. The fourth-order valence-corrected chi connectivity index (χ4v) is 3.80. The predicted molar refractivity (Wildman–Crippen MR) is 138 cm³/mol. The van der Waals surface area contributed by atoms with Gasteiger partial charge in [-0.3, -0.25) is 14.4 Å². The lowest BCUT2D eigenvalue weighted by Crippen LogP contribution is -2.59. The topological polar surface area (TPSA) is 234 Å². The summed E-state index contributed by atoms with van der Waals surface area (Å²) in [5.74, 6) is -3.26. The Labute approximate surface area is 221 Å². The number of rotatable bonds is 17. The summed E-state index contributed by atoms with van der Waals surface area (Å²) in [4.78, 5) is 64.5. The van der Waals surface area contributed by atoms with Crippen molar-refractivity contribution in [3.63, 3.8) is 0 Å². The molecule has 5 unspecified atom stereocenters. The number of nitrogens with one attached hydrogen (secondary N) is 5. The van der Waals surface area contributed by atoms with Crippen molar-refractivity contribution < 1.29 is 24.3 Å². The molecule has 210 valence electrons. The summed E-state index contributed by atoms with van der Waals surface area (Å²) in [5, 5.41) is 17.5. The molecule has 5 atom stereocenters. The van der Waals surface area contributed by atoms with Crippen molar-refractivity contribution >= 4 is 23.7 Å². The van der Waals surface area contributed by atoms with Gasteiger partial charge in [0.1, 0.15) is 18.1 Å². The first-order valence-electron chi connectivity index (χ1n) is 12.7. The highest BCUT2D eigenvalue weighted by molar-refractivity contribution is 5.94. The highest BCUT2D eigenvalue weighted by Gasteiger charge is 2.33. The molecule has 0 aromatic carbocycles. The SMILES string of the molecule is CCC(C)C(NC(=O)C(CCCCN)NC(=O)C(N)Cc1cnc[nH]1)C(=O)NC(Cc1cnc[nH]1)C(=O)O. The van der Waals surface area contributed by atoms with Crippen molar-refractivity contribution in [2.45, 2.75) is 76.5 Å². The zero-order valence-electron chi connectivity index (χ0n) is 21.8. The van der Waals surface area contributed by atoms with Crippen LogP contribution in [0.15, 0.2) is 25.0 Å². The number of hydrogen-bond acceptors (Lipinski definition) is 8. The van der Waals surface area contributed by atoms with Crippen LogP contribution in [0.5, 0.6) is 0 Å². The fourth-order valence-electron chi connectivity index (χ4n) is 3.80. The largest absolute Gasteiger partial charge is 0.480 e. The molecule has 0 bridgehead atoms. The van der Waals surface area contributed by atoms with Gasteiger partial charge in [0, 0.05) is 36.6 Å². The van der Waals surface area contributed by atoms with Gasteiger partial charge in [-0.05, 0) is 31.7 Å². The molecule has 0 fully saturated rings. The molecule has 14 heteroatoms. The maximum absolute atomic E-state index is 13.3. The zero-order chi connectivity index (χ0) is 28.1. The first-order valence-corrected chi connectivity index (χ1v) is 12.7. The maximum atomic E-state index is 13.3. The summed E-state index contributed by atoms with van der Waals surface area (Å²) in [7, 11) is 0. The molecule has 0 aliphatic rings. The Morgan fingerprint density at radius 1 is 0.921 bits per heavy atom. The van der Waals surface area contributed by atoms with Crippen LogP contribution in [0.4, 0.5) is 0 Å². The van der Waals surface area contributed by atoms with Crippen LogP contribution in [0.25, 0.3) is 0 Å². The van der Waals surface area contributed by atoms with Crippen molar-refractivity contribution in [1.29, 1.82) is 0 Å². The average Bonchev–Trinajstić information content (AvgIpc) is 3.60. The fraction of sp³-hybridized carbons (Fsp3) is 0.583. The summed E-state index contributed by atoms with van der Waals surface area (Å²) in [5.41, 5.74) is 12.8. The molecule has 2 aromatic heterocycles.